The normalized spacial score (nSPS) is 11.8. The highest BCUT2D eigenvalue weighted by Crippen LogP contribution is 2.00. The first kappa shape index (κ1) is 13.7. The highest BCUT2D eigenvalue weighted by molar-refractivity contribution is 5.85. The second-order valence-corrected chi connectivity index (χ2v) is 3.63. The monoisotopic (exact) mass is 255 g/mol. The number of hydrogen-bond donors (Lipinski definition) is 4. The Morgan fingerprint density at radius 2 is 2.06 bits per heavy atom. The molecule has 0 spiro atoms. The van der Waals surface area contributed by atoms with Gasteiger partial charge in [-0.1, -0.05) is 0 Å². The molecule has 0 saturated carbocycles. The molecule has 0 aliphatic rings. The summed E-state index contributed by atoms with van der Waals surface area (Å²) in [6.07, 6.45) is 2.35. The van der Waals surface area contributed by atoms with Gasteiger partial charge in [-0.3, -0.25) is 9.59 Å². The minimum absolute atomic E-state index is 0.0636. The zero-order chi connectivity index (χ0) is 13.5. The third kappa shape index (κ3) is 4.64. The fourth-order valence-electron chi connectivity index (χ4n) is 1.30. The summed E-state index contributed by atoms with van der Waals surface area (Å²) in [5.74, 6) is -2.90. The van der Waals surface area contributed by atoms with E-state index in [1.54, 1.807) is 0 Å². The van der Waals surface area contributed by atoms with E-state index in [1.165, 1.54) is 12.5 Å². The van der Waals surface area contributed by atoms with Crippen LogP contribution in [0.3, 0.4) is 0 Å². The van der Waals surface area contributed by atoms with Gasteiger partial charge in [-0.05, 0) is 0 Å². The minimum atomic E-state index is -1.19. The van der Waals surface area contributed by atoms with E-state index < -0.39 is 23.9 Å². The molecule has 0 bridgehead atoms. The van der Waals surface area contributed by atoms with Crippen molar-refractivity contribution < 1.29 is 24.6 Å². The average molecular weight is 255 g/mol. The zero-order valence-electron chi connectivity index (χ0n) is 9.42. The number of rotatable bonds is 7. The van der Waals surface area contributed by atoms with Crippen LogP contribution in [-0.4, -0.2) is 44.1 Å². The summed E-state index contributed by atoms with van der Waals surface area (Å²) in [6.45, 7) is 0. The maximum Gasteiger partial charge on any atom is 0.326 e. The van der Waals surface area contributed by atoms with Crippen LogP contribution in [0.2, 0.25) is 0 Å². The first-order chi connectivity index (χ1) is 8.49. The predicted octanol–water partition coefficient (Wildman–Crippen LogP) is -0.614. The number of nitrogens with zero attached hydrogens (tertiary/aromatic N) is 1. The van der Waals surface area contributed by atoms with Crippen molar-refractivity contribution >= 4 is 17.8 Å². The van der Waals surface area contributed by atoms with E-state index in [0.717, 1.165) is 0 Å². The van der Waals surface area contributed by atoms with Crippen LogP contribution >= 0.6 is 0 Å². The maximum atomic E-state index is 11.3. The molecule has 0 aromatic carbocycles. The van der Waals surface area contributed by atoms with Crippen molar-refractivity contribution in [3.8, 4) is 0 Å². The number of amides is 1. The molecular weight excluding hydrogens is 242 g/mol. The van der Waals surface area contributed by atoms with Crippen molar-refractivity contribution in [2.24, 2.45) is 0 Å². The number of imidazole rings is 1. The van der Waals surface area contributed by atoms with Gasteiger partial charge in [0.05, 0.1) is 12.7 Å². The molecule has 4 N–H and O–H groups in total. The van der Waals surface area contributed by atoms with E-state index in [4.69, 9.17) is 10.2 Å². The lowest BCUT2D eigenvalue weighted by atomic mass is 10.1. The van der Waals surface area contributed by atoms with E-state index >= 15 is 0 Å². The molecule has 1 rings (SSSR count). The molecule has 0 unspecified atom stereocenters. The molecule has 0 fully saturated rings. The van der Waals surface area contributed by atoms with Crippen LogP contribution in [0.5, 0.6) is 0 Å². The topological polar surface area (TPSA) is 132 Å². The summed E-state index contributed by atoms with van der Waals surface area (Å²) < 4.78 is 0. The Kier molecular flexibility index (Phi) is 4.85. The van der Waals surface area contributed by atoms with Crippen molar-refractivity contribution in [2.45, 2.75) is 25.3 Å². The summed E-state index contributed by atoms with van der Waals surface area (Å²) in [5.41, 5.74) is 0.570. The summed E-state index contributed by atoms with van der Waals surface area (Å²) in [6, 6.07) is -1.10. The van der Waals surface area contributed by atoms with Crippen molar-refractivity contribution in [3.63, 3.8) is 0 Å². The van der Waals surface area contributed by atoms with Crippen LogP contribution in [0.4, 0.5) is 0 Å². The lowest BCUT2D eigenvalue weighted by Crippen LogP contribution is -2.42. The SMILES string of the molecule is O=C(O)CCC(=O)N[C@@H](Cc1cnc[nH]1)C(=O)O. The van der Waals surface area contributed by atoms with Gasteiger partial charge >= 0.3 is 11.9 Å². The lowest BCUT2D eigenvalue weighted by molar-refractivity contribution is -0.142. The Balaban J connectivity index is 2.50. The molecule has 0 aliphatic carbocycles. The van der Waals surface area contributed by atoms with Crippen molar-refractivity contribution in [1.29, 1.82) is 0 Å². The van der Waals surface area contributed by atoms with Gasteiger partial charge in [0, 0.05) is 24.7 Å². The highest BCUT2D eigenvalue weighted by Gasteiger charge is 2.21. The fourth-order valence-corrected chi connectivity index (χ4v) is 1.30. The molecule has 0 saturated heterocycles. The van der Waals surface area contributed by atoms with Crippen molar-refractivity contribution in [1.82, 2.24) is 15.3 Å². The van der Waals surface area contributed by atoms with E-state index in [9.17, 15) is 14.4 Å². The van der Waals surface area contributed by atoms with Gasteiger partial charge in [-0.15, -0.1) is 0 Å². The average Bonchev–Trinajstić information content (AvgIpc) is 2.78. The summed E-state index contributed by atoms with van der Waals surface area (Å²) in [5, 5.41) is 19.6. The van der Waals surface area contributed by atoms with Crippen molar-refractivity contribution in [2.75, 3.05) is 0 Å². The van der Waals surface area contributed by atoms with Crippen LogP contribution in [-0.2, 0) is 20.8 Å². The molecule has 98 valence electrons. The Hall–Kier alpha value is -2.38. The van der Waals surface area contributed by atoms with Gasteiger partial charge in [0.2, 0.25) is 5.91 Å². The first-order valence-electron chi connectivity index (χ1n) is 5.20. The van der Waals surface area contributed by atoms with Gasteiger partial charge in [0.1, 0.15) is 6.04 Å². The summed E-state index contributed by atoms with van der Waals surface area (Å²) in [7, 11) is 0. The molecule has 0 radical (unpaired) electrons. The molecule has 1 aromatic heterocycles. The van der Waals surface area contributed by atoms with E-state index in [-0.39, 0.29) is 19.3 Å². The number of aliphatic carboxylic acids is 2. The molecule has 1 atom stereocenters. The molecule has 0 aliphatic heterocycles. The number of carboxylic acids is 2. The van der Waals surface area contributed by atoms with Gasteiger partial charge in [-0.25, -0.2) is 9.78 Å². The maximum absolute atomic E-state index is 11.3. The largest absolute Gasteiger partial charge is 0.481 e. The van der Waals surface area contributed by atoms with Gasteiger partial charge < -0.3 is 20.5 Å². The molecule has 8 heteroatoms. The number of aromatic amines is 1. The molecular formula is C10H13N3O5. The van der Waals surface area contributed by atoms with Crippen LogP contribution in [0, 0.1) is 0 Å². The Bertz CT molecular complexity index is 429. The van der Waals surface area contributed by atoms with Gasteiger partial charge in [-0.2, -0.15) is 0 Å². The summed E-state index contributed by atoms with van der Waals surface area (Å²) >= 11 is 0. The van der Waals surface area contributed by atoms with Gasteiger partial charge in [0.25, 0.3) is 0 Å². The van der Waals surface area contributed by atoms with Gasteiger partial charge in [0.15, 0.2) is 0 Å². The Morgan fingerprint density at radius 1 is 1.33 bits per heavy atom. The second kappa shape index (κ2) is 6.38. The number of carbonyl (C=O) groups is 3. The standard InChI is InChI=1S/C10H13N3O5/c14-8(1-2-9(15)16)13-7(10(17)18)3-6-4-11-5-12-6/h4-5,7H,1-3H2,(H,11,12)(H,13,14)(H,15,16)(H,17,18)/t7-/m0/s1. The molecule has 8 nitrogen and oxygen atoms in total. The molecule has 18 heavy (non-hydrogen) atoms. The molecule has 1 amide bonds. The molecule has 1 heterocycles. The smallest absolute Gasteiger partial charge is 0.326 e. The van der Waals surface area contributed by atoms with Crippen LogP contribution in [0.1, 0.15) is 18.5 Å². The predicted molar refractivity (Wildman–Crippen MR) is 58.7 cm³/mol. The Labute approximate surface area is 102 Å². The number of carboxylic acid groups (broad SMARTS) is 2. The van der Waals surface area contributed by atoms with Crippen LogP contribution in [0.15, 0.2) is 12.5 Å². The number of H-pyrrole nitrogens is 1. The Morgan fingerprint density at radius 3 is 2.56 bits per heavy atom. The number of nitrogens with one attached hydrogen (secondary N) is 2. The van der Waals surface area contributed by atoms with E-state index in [1.807, 2.05) is 0 Å². The van der Waals surface area contributed by atoms with E-state index in [2.05, 4.69) is 15.3 Å². The summed E-state index contributed by atoms with van der Waals surface area (Å²) in [4.78, 5) is 39.0. The zero-order valence-corrected chi connectivity index (χ0v) is 9.42. The van der Waals surface area contributed by atoms with Crippen LogP contribution < -0.4 is 5.32 Å². The third-order valence-corrected chi connectivity index (χ3v) is 2.18. The quantitative estimate of drug-likeness (QED) is 0.513. The van der Waals surface area contributed by atoms with Crippen LogP contribution in [0.25, 0.3) is 0 Å². The third-order valence-electron chi connectivity index (χ3n) is 2.18. The lowest BCUT2D eigenvalue weighted by Gasteiger charge is -2.13. The van der Waals surface area contributed by atoms with Crippen molar-refractivity contribution in [3.05, 3.63) is 18.2 Å². The second-order valence-electron chi connectivity index (χ2n) is 3.63. The minimum Gasteiger partial charge on any atom is -0.481 e. The number of carbonyl (C=O) groups excluding carboxylic acids is 1. The number of hydrogen-bond acceptors (Lipinski definition) is 4. The first-order valence-corrected chi connectivity index (χ1v) is 5.20. The fraction of sp³-hybridized carbons (Fsp3) is 0.400. The number of aromatic nitrogens is 2. The highest BCUT2D eigenvalue weighted by atomic mass is 16.4. The molecule has 1 aromatic rings. The van der Waals surface area contributed by atoms with E-state index in [0.29, 0.717) is 5.69 Å².